The number of nitrogens with zero attached hydrogens (tertiary/aromatic N) is 2. The third-order valence-corrected chi connectivity index (χ3v) is 5.87. The molecule has 25 heavy (non-hydrogen) atoms. The number of thiophene rings is 1. The predicted octanol–water partition coefficient (Wildman–Crippen LogP) is 1.86. The predicted molar refractivity (Wildman–Crippen MR) is 99.4 cm³/mol. The van der Waals surface area contributed by atoms with Gasteiger partial charge in [0, 0.05) is 24.0 Å². The van der Waals surface area contributed by atoms with E-state index in [4.69, 9.17) is 5.11 Å². The van der Waals surface area contributed by atoms with E-state index in [-0.39, 0.29) is 18.4 Å². The maximum Gasteiger partial charge on any atom is 0.270 e. The van der Waals surface area contributed by atoms with E-state index in [1.165, 1.54) is 11.3 Å². The summed E-state index contributed by atoms with van der Waals surface area (Å²) in [5.41, 5.74) is 3.06. The Balaban J connectivity index is 1.87. The molecule has 0 aliphatic carbocycles. The van der Waals surface area contributed by atoms with E-state index in [1.54, 1.807) is 0 Å². The molecule has 4 heterocycles. The number of aliphatic hydroxyl groups excluding tert-OH is 1. The molecule has 2 aromatic heterocycles. The molecule has 0 saturated carbocycles. The number of halogens is 1. The van der Waals surface area contributed by atoms with Gasteiger partial charge in [0.05, 0.1) is 21.6 Å². The molecular formula is C15H14BrN5O3S. The van der Waals surface area contributed by atoms with Crippen LogP contribution in [-0.4, -0.2) is 51.5 Å². The Morgan fingerprint density at radius 2 is 2.28 bits per heavy atom. The molecule has 5 N–H and O–H groups in total. The van der Waals surface area contributed by atoms with Gasteiger partial charge in [-0.25, -0.2) is 4.99 Å². The summed E-state index contributed by atoms with van der Waals surface area (Å²) in [5.74, 6) is -0.0131. The van der Waals surface area contributed by atoms with Gasteiger partial charge in [-0.2, -0.15) is 4.98 Å². The SMILES string of the molecule is O=C1NCCC(c2[nH]c(NCCO)nc2O)=C2C1=Nc1c(Br)csc12. The van der Waals surface area contributed by atoms with Crippen molar-refractivity contribution in [1.82, 2.24) is 15.3 Å². The largest absolute Gasteiger partial charge is 0.492 e. The van der Waals surface area contributed by atoms with Crippen LogP contribution in [0.4, 0.5) is 11.6 Å². The summed E-state index contributed by atoms with van der Waals surface area (Å²) in [6.07, 6.45) is 0.532. The van der Waals surface area contributed by atoms with Gasteiger partial charge in [-0.05, 0) is 27.9 Å². The first kappa shape index (κ1) is 16.3. The minimum atomic E-state index is -0.224. The Morgan fingerprint density at radius 3 is 3.08 bits per heavy atom. The van der Waals surface area contributed by atoms with E-state index in [0.29, 0.717) is 36.9 Å². The van der Waals surface area contributed by atoms with Crippen molar-refractivity contribution in [3.8, 4) is 5.88 Å². The average molecular weight is 424 g/mol. The molecule has 0 unspecified atom stereocenters. The molecule has 2 aliphatic rings. The summed E-state index contributed by atoms with van der Waals surface area (Å²) >= 11 is 4.96. The maximum atomic E-state index is 12.4. The first-order chi connectivity index (χ1) is 12.1. The number of carbonyl (C=O) groups excluding carboxylic acids is 1. The lowest BCUT2D eigenvalue weighted by Crippen LogP contribution is -2.29. The molecule has 8 nitrogen and oxygen atoms in total. The first-order valence-electron chi connectivity index (χ1n) is 7.62. The number of hydrogen-bond donors (Lipinski definition) is 5. The number of amides is 1. The number of imidazole rings is 1. The molecule has 0 aromatic carbocycles. The van der Waals surface area contributed by atoms with E-state index in [1.807, 2.05) is 5.38 Å². The van der Waals surface area contributed by atoms with Crippen molar-refractivity contribution >= 4 is 61.7 Å². The van der Waals surface area contributed by atoms with Crippen molar-refractivity contribution in [2.45, 2.75) is 6.42 Å². The van der Waals surface area contributed by atoms with Gasteiger partial charge < -0.3 is 25.8 Å². The van der Waals surface area contributed by atoms with Crippen molar-refractivity contribution in [3.05, 3.63) is 20.4 Å². The number of hydrogen-bond acceptors (Lipinski definition) is 7. The summed E-state index contributed by atoms with van der Waals surface area (Å²) in [4.78, 5) is 24.8. The Hall–Kier alpha value is -2.17. The number of aromatic nitrogens is 2. The fraction of sp³-hybridized carbons (Fsp3) is 0.267. The third-order valence-electron chi connectivity index (χ3n) is 3.98. The molecule has 1 amide bonds. The minimum absolute atomic E-state index is 0.0491. The number of anilines is 1. The van der Waals surface area contributed by atoms with Crippen molar-refractivity contribution in [2.24, 2.45) is 4.99 Å². The van der Waals surface area contributed by atoms with Gasteiger partial charge in [0.2, 0.25) is 11.8 Å². The topological polar surface area (TPSA) is 123 Å². The van der Waals surface area contributed by atoms with E-state index >= 15 is 0 Å². The second-order valence-electron chi connectivity index (χ2n) is 5.52. The monoisotopic (exact) mass is 423 g/mol. The van der Waals surface area contributed by atoms with Gasteiger partial charge in [-0.15, -0.1) is 11.3 Å². The van der Waals surface area contributed by atoms with Gasteiger partial charge in [-0.3, -0.25) is 4.79 Å². The third kappa shape index (κ3) is 2.66. The lowest BCUT2D eigenvalue weighted by molar-refractivity contribution is -0.114. The zero-order valence-corrected chi connectivity index (χ0v) is 15.3. The summed E-state index contributed by atoms with van der Waals surface area (Å²) in [7, 11) is 0. The van der Waals surface area contributed by atoms with Crippen LogP contribution in [0.15, 0.2) is 14.8 Å². The summed E-state index contributed by atoms with van der Waals surface area (Å²) in [6.45, 7) is 0.704. The Morgan fingerprint density at radius 1 is 1.44 bits per heavy atom. The standard InChI is InChI=1S/C15H14BrN5O3S/c16-7-5-25-12-8-6(1-2-17-13(23)11(8)19-10(7)12)9-14(24)21-15(20-9)18-3-4-22/h5,22,24H,1-4H2,(H,17,23)(H2,18,20,21). The summed E-state index contributed by atoms with van der Waals surface area (Å²) in [6, 6.07) is 0. The smallest absolute Gasteiger partial charge is 0.270 e. The number of aliphatic hydroxyl groups is 1. The Bertz CT molecular complexity index is 930. The van der Waals surface area contributed by atoms with Crippen LogP contribution in [0, 0.1) is 0 Å². The molecule has 2 aliphatic heterocycles. The molecular weight excluding hydrogens is 410 g/mol. The van der Waals surface area contributed by atoms with E-state index < -0.39 is 0 Å². The zero-order valence-electron chi connectivity index (χ0n) is 12.9. The van der Waals surface area contributed by atoms with Crippen molar-refractivity contribution < 1.29 is 15.0 Å². The molecule has 0 saturated heterocycles. The van der Waals surface area contributed by atoms with Gasteiger partial charge in [0.25, 0.3) is 5.91 Å². The second-order valence-corrected chi connectivity index (χ2v) is 7.25. The first-order valence-corrected chi connectivity index (χ1v) is 9.29. The van der Waals surface area contributed by atoms with E-state index in [2.05, 4.69) is 41.5 Å². The van der Waals surface area contributed by atoms with Gasteiger partial charge >= 0.3 is 0 Å². The lowest BCUT2D eigenvalue weighted by atomic mass is 9.99. The molecule has 130 valence electrons. The summed E-state index contributed by atoms with van der Waals surface area (Å²) < 4.78 is 0.840. The average Bonchev–Trinajstić information content (AvgIpc) is 3.22. The zero-order chi connectivity index (χ0) is 17.6. The van der Waals surface area contributed by atoms with Crippen LogP contribution in [0.5, 0.6) is 5.88 Å². The number of aromatic hydroxyl groups is 1. The molecule has 0 radical (unpaired) electrons. The number of aromatic amines is 1. The number of fused-ring (bicyclic) bond motifs is 3. The van der Waals surface area contributed by atoms with Crippen molar-refractivity contribution in [3.63, 3.8) is 0 Å². The molecule has 10 heteroatoms. The van der Waals surface area contributed by atoms with E-state index in [9.17, 15) is 9.90 Å². The van der Waals surface area contributed by atoms with Crippen LogP contribution < -0.4 is 10.6 Å². The van der Waals surface area contributed by atoms with Gasteiger partial charge in [0.15, 0.2) is 0 Å². The normalized spacial score (nSPS) is 16.2. The van der Waals surface area contributed by atoms with Crippen LogP contribution in [0.3, 0.4) is 0 Å². The molecule has 0 atom stereocenters. The lowest BCUT2D eigenvalue weighted by Gasteiger charge is -2.07. The highest BCUT2D eigenvalue weighted by Gasteiger charge is 2.35. The highest BCUT2D eigenvalue weighted by atomic mass is 79.9. The van der Waals surface area contributed by atoms with Crippen LogP contribution in [-0.2, 0) is 4.79 Å². The molecule has 0 bridgehead atoms. The molecule has 4 rings (SSSR count). The molecule has 0 spiro atoms. The van der Waals surface area contributed by atoms with Crippen molar-refractivity contribution in [2.75, 3.05) is 25.0 Å². The van der Waals surface area contributed by atoms with Crippen LogP contribution in [0.25, 0.3) is 11.1 Å². The highest BCUT2D eigenvalue weighted by Crippen LogP contribution is 2.49. The van der Waals surface area contributed by atoms with Gasteiger partial charge in [0.1, 0.15) is 11.4 Å². The molecule has 0 fully saturated rings. The second kappa shape index (κ2) is 6.28. The number of carbonyl (C=O) groups is 1. The Labute approximate surface area is 154 Å². The summed E-state index contributed by atoms with van der Waals surface area (Å²) in [5, 5.41) is 26.8. The number of aliphatic imine (C=N–C) groups is 1. The van der Waals surface area contributed by atoms with Crippen LogP contribution in [0.2, 0.25) is 0 Å². The minimum Gasteiger partial charge on any atom is -0.492 e. The highest BCUT2D eigenvalue weighted by molar-refractivity contribution is 9.10. The Kier molecular flexibility index (Phi) is 4.10. The quantitative estimate of drug-likeness (QED) is 0.513. The number of H-pyrrole nitrogens is 1. The van der Waals surface area contributed by atoms with Crippen molar-refractivity contribution in [1.29, 1.82) is 0 Å². The van der Waals surface area contributed by atoms with Gasteiger partial charge in [-0.1, -0.05) is 0 Å². The van der Waals surface area contributed by atoms with Crippen LogP contribution >= 0.6 is 27.3 Å². The van der Waals surface area contributed by atoms with Crippen LogP contribution in [0.1, 0.15) is 17.0 Å². The molecule has 2 aromatic rings. The maximum absolute atomic E-state index is 12.4. The van der Waals surface area contributed by atoms with E-state index in [0.717, 1.165) is 26.2 Å². The fourth-order valence-electron chi connectivity index (χ4n) is 2.92. The number of nitrogens with one attached hydrogen (secondary N) is 3. The fourth-order valence-corrected chi connectivity index (χ4v) is 4.56. The number of rotatable bonds is 4.